The Balaban J connectivity index is 1.28. The molecule has 0 spiro atoms. The second-order valence-electron chi connectivity index (χ2n) is 8.03. The molecule has 32 heavy (non-hydrogen) atoms. The Morgan fingerprint density at radius 3 is 2.81 bits per heavy atom. The van der Waals surface area contributed by atoms with Crippen molar-refractivity contribution >= 4 is 5.91 Å². The fourth-order valence-corrected chi connectivity index (χ4v) is 3.92. The van der Waals surface area contributed by atoms with Crippen molar-refractivity contribution in [1.82, 2.24) is 20.4 Å². The Kier molecular flexibility index (Phi) is 7.53. The van der Waals surface area contributed by atoms with Gasteiger partial charge in [0, 0.05) is 37.9 Å². The predicted octanol–water partition coefficient (Wildman–Crippen LogP) is 3.50. The summed E-state index contributed by atoms with van der Waals surface area (Å²) in [5, 5.41) is 9.96. The number of carbonyl (C=O) groups is 1. The van der Waals surface area contributed by atoms with E-state index >= 15 is 0 Å². The molecular formula is C25H30N4O3. The van der Waals surface area contributed by atoms with E-state index in [9.17, 15) is 4.79 Å². The number of hydrogen-bond donors (Lipinski definition) is 2. The molecule has 2 heterocycles. The zero-order chi connectivity index (χ0) is 22.2. The topological polar surface area (TPSA) is 79.5 Å². The molecule has 1 aliphatic heterocycles. The van der Waals surface area contributed by atoms with Crippen LogP contribution < -0.4 is 10.1 Å². The molecule has 4 rings (SSSR count). The molecule has 1 aromatic heterocycles. The lowest BCUT2D eigenvalue weighted by atomic mass is 10.1. The van der Waals surface area contributed by atoms with Crippen LogP contribution in [0.3, 0.4) is 0 Å². The highest BCUT2D eigenvalue weighted by atomic mass is 16.5. The summed E-state index contributed by atoms with van der Waals surface area (Å²) in [6.07, 6.45) is 3.72. The lowest BCUT2D eigenvalue weighted by Crippen LogP contribution is -2.38. The van der Waals surface area contributed by atoms with Gasteiger partial charge in [-0.3, -0.25) is 14.8 Å². The van der Waals surface area contributed by atoms with E-state index < -0.39 is 0 Å². The highest BCUT2D eigenvalue weighted by Crippen LogP contribution is 2.21. The first kappa shape index (κ1) is 22.0. The van der Waals surface area contributed by atoms with Crippen molar-refractivity contribution in [3.05, 3.63) is 71.9 Å². The summed E-state index contributed by atoms with van der Waals surface area (Å²) < 4.78 is 11.4. The number of aromatic amines is 1. The molecule has 0 saturated carbocycles. The third kappa shape index (κ3) is 5.75. The normalized spacial score (nSPS) is 14.4. The minimum atomic E-state index is -0.165. The first-order valence-electron chi connectivity index (χ1n) is 11.1. The van der Waals surface area contributed by atoms with Crippen LogP contribution >= 0.6 is 0 Å². The molecule has 3 aromatic rings. The molecular weight excluding hydrogens is 404 g/mol. The SMILES string of the molecule is CN(CCOc1cccc(CNC(=O)c2cn[nH]c2-c2ccccc2)c1)C1CCOCC1. The summed E-state index contributed by atoms with van der Waals surface area (Å²) >= 11 is 0. The Labute approximate surface area is 188 Å². The summed E-state index contributed by atoms with van der Waals surface area (Å²) in [4.78, 5) is 15.1. The molecule has 7 nitrogen and oxygen atoms in total. The maximum atomic E-state index is 12.7. The van der Waals surface area contributed by atoms with E-state index in [1.165, 1.54) is 0 Å². The molecule has 1 aliphatic rings. The third-order valence-electron chi connectivity index (χ3n) is 5.82. The number of ether oxygens (including phenoxy) is 2. The zero-order valence-electron chi connectivity index (χ0n) is 18.4. The van der Waals surface area contributed by atoms with Gasteiger partial charge in [0.25, 0.3) is 5.91 Å². The predicted molar refractivity (Wildman–Crippen MR) is 124 cm³/mol. The van der Waals surface area contributed by atoms with E-state index in [0.717, 1.165) is 49.5 Å². The van der Waals surface area contributed by atoms with Crippen molar-refractivity contribution in [3.8, 4) is 17.0 Å². The van der Waals surface area contributed by atoms with Crippen molar-refractivity contribution in [2.24, 2.45) is 0 Å². The molecule has 2 N–H and O–H groups in total. The van der Waals surface area contributed by atoms with Gasteiger partial charge < -0.3 is 14.8 Å². The summed E-state index contributed by atoms with van der Waals surface area (Å²) in [5.41, 5.74) is 3.16. The first-order chi connectivity index (χ1) is 15.7. The van der Waals surface area contributed by atoms with Crippen molar-refractivity contribution < 1.29 is 14.3 Å². The summed E-state index contributed by atoms with van der Waals surface area (Å²) in [7, 11) is 2.14. The molecule has 0 aliphatic carbocycles. The molecule has 1 amide bonds. The Bertz CT molecular complexity index is 999. The molecule has 0 radical (unpaired) electrons. The Morgan fingerprint density at radius 2 is 2.00 bits per heavy atom. The van der Waals surface area contributed by atoms with Crippen LogP contribution in [0.2, 0.25) is 0 Å². The fourth-order valence-electron chi connectivity index (χ4n) is 3.92. The molecule has 0 bridgehead atoms. The quantitative estimate of drug-likeness (QED) is 0.539. The van der Waals surface area contributed by atoms with E-state index in [2.05, 4.69) is 27.5 Å². The summed E-state index contributed by atoms with van der Waals surface area (Å²) in [6, 6.07) is 18.1. The highest BCUT2D eigenvalue weighted by molar-refractivity contribution is 5.99. The number of benzene rings is 2. The Morgan fingerprint density at radius 1 is 1.19 bits per heavy atom. The van der Waals surface area contributed by atoms with Gasteiger partial charge in [-0.2, -0.15) is 5.10 Å². The van der Waals surface area contributed by atoms with E-state index in [4.69, 9.17) is 9.47 Å². The monoisotopic (exact) mass is 434 g/mol. The average molecular weight is 435 g/mol. The number of likely N-dealkylation sites (N-methyl/N-ethyl adjacent to an activating group) is 1. The van der Waals surface area contributed by atoms with Crippen LogP contribution in [0.1, 0.15) is 28.8 Å². The van der Waals surface area contributed by atoms with Crippen LogP contribution in [0.15, 0.2) is 60.8 Å². The van der Waals surface area contributed by atoms with Crippen LogP contribution in [0, 0.1) is 0 Å². The van der Waals surface area contributed by atoms with Crippen molar-refractivity contribution in [3.63, 3.8) is 0 Å². The molecule has 0 unspecified atom stereocenters. The standard InChI is InChI=1S/C25H30N4O3/c1-29(21-10-13-31-14-11-21)12-15-32-22-9-5-6-19(16-22)17-26-25(30)23-18-27-28-24(23)20-7-3-2-4-8-20/h2-9,16,18,21H,10-15,17H2,1H3,(H,26,30)(H,27,28). The van der Waals surface area contributed by atoms with Gasteiger partial charge in [0.1, 0.15) is 12.4 Å². The smallest absolute Gasteiger partial charge is 0.255 e. The molecule has 2 aromatic carbocycles. The van der Waals surface area contributed by atoms with Crippen molar-refractivity contribution in [2.45, 2.75) is 25.4 Å². The third-order valence-corrected chi connectivity index (χ3v) is 5.82. The van der Waals surface area contributed by atoms with Gasteiger partial charge in [0.2, 0.25) is 0 Å². The lowest BCUT2D eigenvalue weighted by molar-refractivity contribution is 0.0392. The lowest BCUT2D eigenvalue weighted by Gasteiger charge is -2.31. The van der Waals surface area contributed by atoms with Gasteiger partial charge in [-0.05, 0) is 37.6 Å². The maximum Gasteiger partial charge on any atom is 0.255 e. The second-order valence-corrected chi connectivity index (χ2v) is 8.03. The number of H-pyrrole nitrogens is 1. The molecule has 1 fully saturated rings. The van der Waals surface area contributed by atoms with E-state index in [0.29, 0.717) is 30.5 Å². The summed E-state index contributed by atoms with van der Waals surface area (Å²) in [5.74, 6) is 0.646. The van der Waals surface area contributed by atoms with E-state index in [1.54, 1.807) is 6.20 Å². The van der Waals surface area contributed by atoms with Gasteiger partial charge in [-0.15, -0.1) is 0 Å². The minimum absolute atomic E-state index is 0.165. The number of rotatable bonds is 9. The van der Waals surface area contributed by atoms with Gasteiger partial charge in [0.05, 0.1) is 17.5 Å². The molecule has 168 valence electrons. The zero-order valence-corrected chi connectivity index (χ0v) is 18.4. The minimum Gasteiger partial charge on any atom is -0.492 e. The number of hydrogen-bond acceptors (Lipinski definition) is 5. The van der Waals surface area contributed by atoms with Crippen LogP contribution in [-0.4, -0.2) is 60.5 Å². The van der Waals surface area contributed by atoms with Crippen LogP contribution in [0.5, 0.6) is 5.75 Å². The molecule has 1 saturated heterocycles. The van der Waals surface area contributed by atoms with Crippen molar-refractivity contribution in [2.75, 3.05) is 33.4 Å². The van der Waals surface area contributed by atoms with Crippen LogP contribution in [0.4, 0.5) is 0 Å². The second kappa shape index (κ2) is 10.9. The average Bonchev–Trinajstić information content (AvgIpc) is 3.34. The Hall–Kier alpha value is -3.16. The van der Waals surface area contributed by atoms with Crippen LogP contribution in [0.25, 0.3) is 11.3 Å². The fraction of sp³-hybridized carbons (Fsp3) is 0.360. The summed E-state index contributed by atoms with van der Waals surface area (Å²) in [6.45, 7) is 3.59. The van der Waals surface area contributed by atoms with Gasteiger partial charge in [-0.25, -0.2) is 0 Å². The van der Waals surface area contributed by atoms with Gasteiger partial charge in [0.15, 0.2) is 0 Å². The van der Waals surface area contributed by atoms with Gasteiger partial charge in [-0.1, -0.05) is 42.5 Å². The van der Waals surface area contributed by atoms with E-state index in [1.807, 2.05) is 54.6 Å². The molecule has 0 atom stereocenters. The number of nitrogens with zero attached hydrogens (tertiary/aromatic N) is 2. The first-order valence-corrected chi connectivity index (χ1v) is 11.1. The number of amides is 1. The largest absolute Gasteiger partial charge is 0.492 e. The van der Waals surface area contributed by atoms with Crippen LogP contribution in [-0.2, 0) is 11.3 Å². The number of aromatic nitrogens is 2. The molecule has 7 heteroatoms. The van der Waals surface area contributed by atoms with E-state index in [-0.39, 0.29) is 5.91 Å². The van der Waals surface area contributed by atoms with Gasteiger partial charge >= 0.3 is 0 Å². The van der Waals surface area contributed by atoms with Crippen molar-refractivity contribution in [1.29, 1.82) is 0 Å². The number of carbonyl (C=O) groups excluding carboxylic acids is 1. The highest BCUT2D eigenvalue weighted by Gasteiger charge is 2.18. The maximum absolute atomic E-state index is 12.7. The number of nitrogens with one attached hydrogen (secondary N) is 2.